The van der Waals surface area contributed by atoms with Crippen LogP contribution in [0.4, 0.5) is 5.69 Å². The van der Waals surface area contributed by atoms with Gasteiger partial charge in [0.1, 0.15) is 0 Å². The van der Waals surface area contributed by atoms with Crippen molar-refractivity contribution in [2.24, 2.45) is 0 Å². The SMILES string of the molecule is Cc1ccc(NS(=O)(=O)c2ccc(Cl)c(C(=O)NCCN(C)C3CC3)c2)cc1Cl. The van der Waals surface area contributed by atoms with Gasteiger partial charge < -0.3 is 10.2 Å². The molecule has 1 aliphatic carbocycles. The molecule has 0 bridgehead atoms. The Hall–Kier alpha value is -1.80. The Morgan fingerprint density at radius 1 is 1.14 bits per heavy atom. The zero-order chi connectivity index (χ0) is 21.2. The van der Waals surface area contributed by atoms with Gasteiger partial charge in [0.15, 0.2) is 0 Å². The minimum absolute atomic E-state index is 0.0566. The maximum Gasteiger partial charge on any atom is 0.261 e. The second-order valence-corrected chi connectivity index (χ2v) is 9.68. The van der Waals surface area contributed by atoms with E-state index < -0.39 is 15.9 Å². The van der Waals surface area contributed by atoms with Gasteiger partial charge in [0, 0.05) is 24.2 Å². The van der Waals surface area contributed by atoms with E-state index in [1.807, 2.05) is 14.0 Å². The molecule has 29 heavy (non-hydrogen) atoms. The Labute approximate surface area is 181 Å². The fourth-order valence-electron chi connectivity index (χ4n) is 2.85. The third kappa shape index (κ3) is 5.63. The van der Waals surface area contributed by atoms with E-state index >= 15 is 0 Å². The molecule has 3 rings (SSSR count). The van der Waals surface area contributed by atoms with Crippen molar-refractivity contribution in [1.29, 1.82) is 0 Å². The number of likely N-dealkylation sites (N-methyl/N-ethyl adjacent to an activating group) is 1. The van der Waals surface area contributed by atoms with Crippen LogP contribution in [-0.4, -0.2) is 45.4 Å². The lowest BCUT2D eigenvalue weighted by atomic mass is 10.2. The highest BCUT2D eigenvalue weighted by atomic mass is 35.5. The maximum absolute atomic E-state index is 12.7. The molecule has 0 unspecified atom stereocenters. The molecular weight excluding hydrogens is 433 g/mol. The highest BCUT2D eigenvalue weighted by Crippen LogP contribution is 2.26. The predicted molar refractivity (Wildman–Crippen MR) is 116 cm³/mol. The van der Waals surface area contributed by atoms with Gasteiger partial charge in [-0.15, -0.1) is 0 Å². The molecule has 156 valence electrons. The maximum atomic E-state index is 12.7. The fourth-order valence-corrected chi connectivity index (χ4v) is 4.31. The molecule has 9 heteroatoms. The molecule has 0 radical (unpaired) electrons. The molecule has 1 fully saturated rings. The van der Waals surface area contributed by atoms with Crippen LogP contribution in [0.1, 0.15) is 28.8 Å². The van der Waals surface area contributed by atoms with Crippen LogP contribution < -0.4 is 10.0 Å². The van der Waals surface area contributed by atoms with Gasteiger partial charge in [0.05, 0.1) is 21.2 Å². The van der Waals surface area contributed by atoms with Crippen LogP contribution in [0.15, 0.2) is 41.3 Å². The number of amides is 1. The molecule has 2 N–H and O–H groups in total. The number of benzene rings is 2. The van der Waals surface area contributed by atoms with Gasteiger partial charge in [0.25, 0.3) is 15.9 Å². The number of hydrogen-bond donors (Lipinski definition) is 2. The largest absolute Gasteiger partial charge is 0.351 e. The van der Waals surface area contributed by atoms with Crippen molar-refractivity contribution < 1.29 is 13.2 Å². The second-order valence-electron chi connectivity index (χ2n) is 7.18. The van der Waals surface area contributed by atoms with Crippen LogP contribution in [0.25, 0.3) is 0 Å². The van der Waals surface area contributed by atoms with Gasteiger partial charge in [-0.2, -0.15) is 0 Å². The monoisotopic (exact) mass is 455 g/mol. The Kier molecular flexibility index (Phi) is 6.73. The molecule has 1 saturated carbocycles. The molecule has 6 nitrogen and oxygen atoms in total. The summed E-state index contributed by atoms with van der Waals surface area (Å²) in [7, 11) is -1.89. The number of rotatable bonds is 8. The van der Waals surface area contributed by atoms with E-state index in [1.54, 1.807) is 12.1 Å². The van der Waals surface area contributed by atoms with Gasteiger partial charge in [-0.1, -0.05) is 29.3 Å². The number of nitrogens with one attached hydrogen (secondary N) is 2. The van der Waals surface area contributed by atoms with Crippen LogP contribution in [-0.2, 0) is 10.0 Å². The van der Waals surface area contributed by atoms with Crippen LogP contribution in [0.2, 0.25) is 10.0 Å². The van der Waals surface area contributed by atoms with Gasteiger partial charge in [-0.3, -0.25) is 9.52 Å². The number of carbonyl (C=O) groups is 1. The summed E-state index contributed by atoms with van der Waals surface area (Å²) < 4.78 is 27.9. The zero-order valence-electron chi connectivity index (χ0n) is 16.2. The van der Waals surface area contributed by atoms with Crippen LogP contribution in [0, 0.1) is 6.92 Å². The summed E-state index contributed by atoms with van der Waals surface area (Å²) in [6.07, 6.45) is 2.38. The Morgan fingerprint density at radius 2 is 1.86 bits per heavy atom. The third-order valence-corrected chi connectivity index (χ3v) is 6.95. The van der Waals surface area contributed by atoms with E-state index in [0.717, 1.165) is 12.1 Å². The number of sulfonamides is 1. The number of hydrogen-bond acceptors (Lipinski definition) is 4. The molecule has 0 atom stereocenters. The summed E-state index contributed by atoms with van der Waals surface area (Å²) in [5, 5.41) is 3.44. The lowest BCUT2D eigenvalue weighted by Crippen LogP contribution is -2.34. The third-order valence-electron chi connectivity index (χ3n) is 4.84. The van der Waals surface area contributed by atoms with Crippen molar-refractivity contribution in [3.8, 4) is 0 Å². The molecule has 0 aromatic heterocycles. The van der Waals surface area contributed by atoms with Crippen molar-refractivity contribution in [3.05, 3.63) is 57.6 Å². The van der Waals surface area contributed by atoms with Gasteiger partial charge >= 0.3 is 0 Å². The molecule has 2 aromatic carbocycles. The number of anilines is 1. The summed E-state index contributed by atoms with van der Waals surface area (Å²) in [6.45, 7) is 3.01. The van der Waals surface area contributed by atoms with Crippen molar-refractivity contribution in [1.82, 2.24) is 10.2 Å². The van der Waals surface area contributed by atoms with Crippen LogP contribution in [0.3, 0.4) is 0 Å². The first-order chi connectivity index (χ1) is 13.7. The molecule has 1 amide bonds. The second kappa shape index (κ2) is 8.92. The number of nitrogens with zero attached hydrogens (tertiary/aromatic N) is 1. The van der Waals surface area contributed by atoms with Crippen molar-refractivity contribution in [2.75, 3.05) is 24.9 Å². The van der Waals surface area contributed by atoms with Crippen LogP contribution >= 0.6 is 23.2 Å². The first kappa shape index (κ1) is 21.9. The van der Waals surface area contributed by atoms with E-state index in [-0.39, 0.29) is 15.5 Å². The minimum atomic E-state index is -3.91. The number of aryl methyl sites for hydroxylation is 1. The lowest BCUT2D eigenvalue weighted by Gasteiger charge is -2.16. The smallest absolute Gasteiger partial charge is 0.261 e. The van der Waals surface area contributed by atoms with Crippen molar-refractivity contribution >= 4 is 44.8 Å². The average Bonchev–Trinajstić information content (AvgIpc) is 3.50. The summed E-state index contributed by atoms with van der Waals surface area (Å²) in [5.74, 6) is -0.408. The van der Waals surface area contributed by atoms with Gasteiger partial charge in [-0.05, 0) is 62.7 Å². The molecule has 0 spiro atoms. The molecule has 2 aromatic rings. The van der Waals surface area contributed by atoms with Crippen molar-refractivity contribution in [3.63, 3.8) is 0 Å². The number of carbonyl (C=O) groups excluding carboxylic acids is 1. The van der Waals surface area contributed by atoms with E-state index in [0.29, 0.717) is 23.3 Å². The van der Waals surface area contributed by atoms with Gasteiger partial charge in [0.2, 0.25) is 0 Å². The average molecular weight is 456 g/mol. The normalized spacial score (nSPS) is 14.1. The van der Waals surface area contributed by atoms with Crippen LogP contribution in [0.5, 0.6) is 0 Å². The Morgan fingerprint density at radius 3 is 2.52 bits per heavy atom. The Bertz CT molecular complexity index is 1020. The van der Waals surface area contributed by atoms with E-state index in [4.69, 9.17) is 23.2 Å². The standard InChI is InChI=1S/C20H23Cl2N3O3S/c1-13-3-4-14(11-19(13)22)24-29(27,28)16-7-8-18(21)17(12-16)20(26)23-9-10-25(2)15-5-6-15/h3-4,7-8,11-12,15,24H,5-6,9-10H2,1-2H3,(H,23,26). The minimum Gasteiger partial charge on any atom is -0.351 e. The summed E-state index contributed by atoms with van der Waals surface area (Å²) >= 11 is 12.2. The Balaban J connectivity index is 1.72. The highest BCUT2D eigenvalue weighted by Gasteiger charge is 2.25. The number of halogens is 2. The molecule has 0 heterocycles. The highest BCUT2D eigenvalue weighted by molar-refractivity contribution is 7.92. The van der Waals surface area contributed by atoms with Crippen molar-refractivity contribution in [2.45, 2.75) is 30.7 Å². The molecule has 1 aliphatic rings. The first-order valence-corrected chi connectivity index (χ1v) is 11.5. The summed E-state index contributed by atoms with van der Waals surface area (Å²) in [4.78, 5) is 14.6. The molecule has 0 aliphatic heterocycles. The predicted octanol–water partition coefficient (Wildman–Crippen LogP) is 3.93. The van der Waals surface area contributed by atoms with E-state index in [2.05, 4.69) is 14.9 Å². The quantitative estimate of drug-likeness (QED) is 0.631. The van der Waals surface area contributed by atoms with E-state index in [1.165, 1.54) is 37.1 Å². The summed E-state index contributed by atoms with van der Waals surface area (Å²) in [6, 6.07) is 9.53. The molecule has 0 saturated heterocycles. The lowest BCUT2D eigenvalue weighted by molar-refractivity contribution is 0.0949. The van der Waals surface area contributed by atoms with E-state index in [9.17, 15) is 13.2 Å². The van der Waals surface area contributed by atoms with Gasteiger partial charge in [-0.25, -0.2) is 8.42 Å². The topological polar surface area (TPSA) is 78.5 Å². The zero-order valence-corrected chi connectivity index (χ0v) is 18.5. The molecular formula is C20H23Cl2N3O3S. The summed E-state index contributed by atoms with van der Waals surface area (Å²) in [5.41, 5.74) is 1.29. The fraction of sp³-hybridized carbons (Fsp3) is 0.350. The first-order valence-electron chi connectivity index (χ1n) is 9.24.